The number of aliphatic hydroxyl groups is 1. The van der Waals surface area contributed by atoms with Crippen LogP contribution in [0.25, 0.3) is 5.69 Å². The van der Waals surface area contributed by atoms with E-state index in [1.807, 2.05) is 0 Å². The van der Waals surface area contributed by atoms with Gasteiger partial charge in [-0.25, -0.2) is 9.48 Å². The number of nitrogens with zero attached hydrogens (tertiary/aromatic N) is 4. The number of carbonyl (C=O) groups is 2. The molecule has 11 heteroatoms. The predicted molar refractivity (Wildman–Crippen MR) is 124 cm³/mol. The molecule has 0 unspecified atom stereocenters. The van der Waals surface area contributed by atoms with E-state index in [1.165, 1.54) is 6.07 Å². The zero-order valence-electron chi connectivity index (χ0n) is 19.1. The van der Waals surface area contributed by atoms with Crippen LogP contribution in [-0.2, 0) is 17.8 Å². The summed E-state index contributed by atoms with van der Waals surface area (Å²) < 4.78 is 8.13. The van der Waals surface area contributed by atoms with Gasteiger partial charge in [0.1, 0.15) is 17.1 Å². The lowest BCUT2D eigenvalue weighted by atomic mass is 10.1. The molecule has 2 amide bonds. The molecule has 180 valence electrons. The number of carbonyl (C=O) groups excluding carboxylic acids is 2. The first-order valence-corrected chi connectivity index (χ1v) is 10.8. The van der Waals surface area contributed by atoms with Gasteiger partial charge in [-0.2, -0.15) is 10.2 Å². The fraction of sp³-hybridized carbons (Fsp3) is 0.348. The van der Waals surface area contributed by atoms with Crippen molar-refractivity contribution in [3.63, 3.8) is 0 Å². The Morgan fingerprint density at radius 2 is 2.06 bits per heavy atom. The summed E-state index contributed by atoms with van der Waals surface area (Å²) >= 11 is 0. The van der Waals surface area contributed by atoms with E-state index in [-0.39, 0.29) is 30.1 Å². The molecular formula is C23H28N6O5. The van der Waals surface area contributed by atoms with Crippen LogP contribution in [0.4, 0.5) is 4.79 Å². The molecule has 3 aromatic rings. The zero-order valence-corrected chi connectivity index (χ0v) is 19.1. The first-order chi connectivity index (χ1) is 16.1. The maximum Gasteiger partial charge on any atom is 0.409 e. The summed E-state index contributed by atoms with van der Waals surface area (Å²) in [6.07, 6.45) is 5.17. The third kappa shape index (κ3) is 7.55. The molecule has 0 atom stereocenters. The molecule has 0 fully saturated rings. The van der Waals surface area contributed by atoms with Crippen molar-refractivity contribution in [2.24, 2.45) is 5.73 Å². The molecule has 0 spiro atoms. The average molecular weight is 469 g/mol. The lowest BCUT2D eigenvalue weighted by Crippen LogP contribution is -2.38. The van der Waals surface area contributed by atoms with E-state index in [2.05, 4.69) is 15.5 Å². The number of amides is 2. The van der Waals surface area contributed by atoms with Crippen molar-refractivity contribution < 1.29 is 19.4 Å². The molecule has 0 saturated carbocycles. The predicted octanol–water partition coefficient (Wildman–Crippen LogP) is 1.14. The Balaban J connectivity index is 1.62. The van der Waals surface area contributed by atoms with E-state index in [9.17, 15) is 19.5 Å². The molecular weight excluding hydrogens is 440 g/mol. The quantitative estimate of drug-likeness (QED) is 0.403. The van der Waals surface area contributed by atoms with Gasteiger partial charge in [-0.15, -0.1) is 0 Å². The van der Waals surface area contributed by atoms with Crippen molar-refractivity contribution in [2.75, 3.05) is 6.54 Å². The Morgan fingerprint density at radius 1 is 1.26 bits per heavy atom. The normalized spacial score (nSPS) is 11.3. The summed E-state index contributed by atoms with van der Waals surface area (Å²) in [5.41, 5.74) is 5.59. The number of ether oxygens (including phenoxy) is 1. The smallest absolute Gasteiger partial charge is 0.409 e. The molecule has 3 rings (SSSR count). The Morgan fingerprint density at radius 3 is 2.79 bits per heavy atom. The van der Waals surface area contributed by atoms with Gasteiger partial charge in [0, 0.05) is 38.2 Å². The van der Waals surface area contributed by atoms with Gasteiger partial charge in [-0.3, -0.25) is 14.3 Å². The van der Waals surface area contributed by atoms with E-state index >= 15 is 0 Å². The van der Waals surface area contributed by atoms with Gasteiger partial charge in [0.05, 0.1) is 18.0 Å². The van der Waals surface area contributed by atoms with Gasteiger partial charge in [0.25, 0.3) is 0 Å². The first kappa shape index (κ1) is 24.6. The molecule has 2 heterocycles. The summed E-state index contributed by atoms with van der Waals surface area (Å²) in [5.74, 6) is 0.155. The van der Waals surface area contributed by atoms with Crippen LogP contribution in [0.15, 0.2) is 53.7 Å². The fourth-order valence-corrected chi connectivity index (χ4v) is 3.14. The Labute approximate surface area is 196 Å². The van der Waals surface area contributed by atoms with Gasteiger partial charge < -0.3 is 20.9 Å². The summed E-state index contributed by atoms with van der Waals surface area (Å²) in [5, 5.41) is 21.1. The van der Waals surface area contributed by atoms with Gasteiger partial charge in [0.15, 0.2) is 0 Å². The number of hydrogen-bond donors (Lipinski definition) is 3. The molecule has 4 N–H and O–H groups in total. The lowest BCUT2D eigenvalue weighted by molar-refractivity contribution is -0.122. The Kier molecular flexibility index (Phi) is 7.79. The van der Waals surface area contributed by atoms with E-state index in [1.54, 1.807) is 66.1 Å². The largest absolute Gasteiger partial charge is 0.410 e. The lowest BCUT2D eigenvalue weighted by Gasteiger charge is -2.17. The van der Waals surface area contributed by atoms with Crippen LogP contribution < -0.4 is 21.2 Å². The second-order valence-electron chi connectivity index (χ2n) is 8.47. The number of aromatic nitrogens is 4. The Bertz CT molecular complexity index is 1210. The maximum atomic E-state index is 12.3. The molecule has 0 radical (unpaired) electrons. The molecule has 0 aliphatic heterocycles. The average Bonchev–Trinajstić information content (AvgIpc) is 3.22. The number of nitrogens with one attached hydrogen (secondary N) is 1. The highest BCUT2D eigenvalue weighted by Crippen LogP contribution is 2.15. The molecule has 0 saturated heterocycles. The summed E-state index contributed by atoms with van der Waals surface area (Å²) in [7, 11) is 0. The van der Waals surface area contributed by atoms with Crippen LogP contribution in [-0.4, -0.2) is 48.8 Å². The minimum atomic E-state index is -0.949. The van der Waals surface area contributed by atoms with E-state index in [4.69, 9.17) is 10.5 Å². The number of nitrogens with two attached hydrogens (primary N) is 1. The molecule has 11 nitrogen and oxygen atoms in total. The van der Waals surface area contributed by atoms with E-state index in [0.717, 1.165) is 5.56 Å². The van der Waals surface area contributed by atoms with E-state index in [0.29, 0.717) is 30.8 Å². The third-order valence-electron chi connectivity index (χ3n) is 4.76. The van der Waals surface area contributed by atoms with Crippen molar-refractivity contribution in [1.82, 2.24) is 24.9 Å². The van der Waals surface area contributed by atoms with Gasteiger partial charge in [-0.1, -0.05) is 12.1 Å². The molecule has 1 aromatic carbocycles. The van der Waals surface area contributed by atoms with Crippen molar-refractivity contribution in [3.05, 3.63) is 70.4 Å². The summed E-state index contributed by atoms with van der Waals surface area (Å²) in [4.78, 5) is 35.2. The molecule has 34 heavy (non-hydrogen) atoms. The first-order valence-electron chi connectivity index (χ1n) is 10.8. The monoisotopic (exact) mass is 468 g/mol. The third-order valence-corrected chi connectivity index (χ3v) is 4.76. The van der Waals surface area contributed by atoms with E-state index < -0.39 is 11.7 Å². The van der Waals surface area contributed by atoms with Crippen molar-refractivity contribution >= 4 is 12.0 Å². The minimum absolute atomic E-state index is 0.133. The SMILES string of the molecule is CC(C)(O)CNC(=O)CCCn1cc(-n2ccc(=O)c(Cc3cccc(OC(N)=O)c3)n2)cn1. The second-order valence-corrected chi connectivity index (χ2v) is 8.47. The van der Waals surface area contributed by atoms with Crippen molar-refractivity contribution in [3.8, 4) is 11.4 Å². The molecule has 0 bridgehead atoms. The fourth-order valence-electron chi connectivity index (χ4n) is 3.14. The van der Waals surface area contributed by atoms with Crippen LogP contribution in [0.3, 0.4) is 0 Å². The number of benzene rings is 1. The topological polar surface area (TPSA) is 154 Å². The van der Waals surface area contributed by atoms with Crippen LogP contribution in [0.1, 0.15) is 37.9 Å². The van der Waals surface area contributed by atoms with Gasteiger partial charge in [-0.05, 0) is 38.0 Å². The van der Waals surface area contributed by atoms with Crippen LogP contribution in [0.2, 0.25) is 0 Å². The second kappa shape index (κ2) is 10.8. The summed E-state index contributed by atoms with van der Waals surface area (Å²) in [6, 6.07) is 8.14. The number of aryl methyl sites for hydroxylation is 1. The molecule has 2 aromatic heterocycles. The van der Waals surface area contributed by atoms with Crippen molar-refractivity contribution in [1.29, 1.82) is 0 Å². The number of primary amides is 1. The highest BCUT2D eigenvalue weighted by atomic mass is 16.5. The number of rotatable bonds is 10. The zero-order chi connectivity index (χ0) is 24.7. The molecule has 0 aliphatic rings. The molecule has 0 aliphatic carbocycles. The maximum absolute atomic E-state index is 12.3. The standard InChI is InChI=1S/C23H28N6O5/c1-23(2,33)15-25-21(31)7-4-9-28-14-17(13-26-28)29-10-8-20(30)19(27-29)12-16-5-3-6-18(11-16)34-22(24)32/h3,5-6,8,10-11,13-14,33H,4,7,9,12,15H2,1-2H3,(H2,24,32)(H,25,31). The minimum Gasteiger partial charge on any atom is -0.410 e. The van der Waals surface area contributed by atoms with Crippen LogP contribution in [0, 0.1) is 0 Å². The summed E-state index contributed by atoms with van der Waals surface area (Å²) in [6.45, 7) is 3.98. The highest BCUT2D eigenvalue weighted by Gasteiger charge is 2.14. The van der Waals surface area contributed by atoms with Crippen molar-refractivity contribution in [2.45, 2.75) is 45.3 Å². The Hall–Kier alpha value is -3.99. The van der Waals surface area contributed by atoms with Gasteiger partial charge >= 0.3 is 6.09 Å². The number of hydrogen-bond acceptors (Lipinski definition) is 7. The van der Waals surface area contributed by atoms with Gasteiger partial charge in [0.2, 0.25) is 11.3 Å². The highest BCUT2D eigenvalue weighted by molar-refractivity contribution is 5.75. The van der Waals surface area contributed by atoms with Crippen LogP contribution >= 0.6 is 0 Å². The van der Waals surface area contributed by atoms with Crippen LogP contribution in [0.5, 0.6) is 5.75 Å².